The summed E-state index contributed by atoms with van der Waals surface area (Å²) in [5.41, 5.74) is 1.57. The van der Waals surface area contributed by atoms with Gasteiger partial charge in [-0.05, 0) is 55.5 Å². The summed E-state index contributed by atoms with van der Waals surface area (Å²) in [6.45, 7) is 2.76. The topological polar surface area (TPSA) is 51.7 Å². The lowest BCUT2D eigenvalue weighted by Crippen LogP contribution is -2.36. The number of ketones is 1. The van der Waals surface area contributed by atoms with Gasteiger partial charge >= 0.3 is 0 Å². The molecule has 0 unspecified atom stereocenters. The van der Waals surface area contributed by atoms with Gasteiger partial charge in [-0.15, -0.1) is 0 Å². The van der Waals surface area contributed by atoms with Crippen molar-refractivity contribution in [2.75, 3.05) is 31.2 Å². The summed E-state index contributed by atoms with van der Waals surface area (Å²) in [6, 6.07) is 8.36. The molecule has 1 aliphatic carbocycles. The number of benzene rings is 1. The van der Waals surface area contributed by atoms with Gasteiger partial charge < -0.3 is 14.4 Å². The molecular formula is C23H26ClFN2O3. The number of pyridine rings is 1. The van der Waals surface area contributed by atoms with E-state index < -0.39 is 0 Å². The Balaban J connectivity index is 1.32. The molecule has 0 bridgehead atoms. The molecule has 30 heavy (non-hydrogen) atoms. The molecule has 2 aromatic rings. The van der Waals surface area contributed by atoms with Crippen molar-refractivity contribution in [1.29, 1.82) is 0 Å². The number of nitrogens with zero attached hydrogens (tertiary/aromatic N) is 2. The number of ether oxygens (including phenoxy) is 2. The normalized spacial score (nSPS) is 22.0. The minimum Gasteiger partial charge on any atom is -0.474 e. The van der Waals surface area contributed by atoms with Gasteiger partial charge in [0, 0.05) is 48.4 Å². The number of Topliss-reactive ketones (excluding diaryl/α,β-unsaturated/α-hetero) is 1. The summed E-state index contributed by atoms with van der Waals surface area (Å²) in [5.74, 6) is 0.390. The van der Waals surface area contributed by atoms with Crippen LogP contribution in [0.25, 0.3) is 0 Å². The summed E-state index contributed by atoms with van der Waals surface area (Å²) in [6.07, 6.45) is 5.07. The molecule has 0 spiro atoms. The lowest BCUT2D eigenvalue weighted by Gasteiger charge is -2.29. The Morgan fingerprint density at radius 2 is 1.93 bits per heavy atom. The molecule has 160 valence electrons. The van der Waals surface area contributed by atoms with Gasteiger partial charge in [0.15, 0.2) is 0 Å². The summed E-state index contributed by atoms with van der Waals surface area (Å²) in [7, 11) is 0. The molecule has 1 saturated heterocycles. The minimum absolute atomic E-state index is 0.00715. The van der Waals surface area contributed by atoms with Gasteiger partial charge in [-0.2, -0.15) is 0 Å². The molecule has 0 N–H and O–H groups in total. The van der Waals surface area contributed by atoms with Crippen LogP contribution in [0.2, 0.25) is 5.02 Å². The molecule has 2 aliphatic rings. The van der Waals surface area contributed by atoms with Crippen molar-refractivity contribution >= 4 is 23.1 Å². The van der Waals surface area contributed by atoms with Crippen molar-refractivity contribution in [2.45, 2.75) is 38.2 Å². The smallest absolute Gasteiger partial charge is 0.214 e. The summed E-state index contributed by atoms with van der Waals surface area (Å²) < 4.78 is 25.4. The summed E-state index contributed by atoms with van der Waals surface area (Å²) in [4.78, 5) is 19.1. The van der Waals surface area contributed by atoms with Gasteiger partial charge in [0.1, 0.15) is 17.7 Å². The number of aromatic nitrogens is 1. The lowest BCUT2D eigenvalue weighted by atomic mass is 9.83. The van der Waals surface area contributed by atoms with Crippen molar-refractivity contribution in [3.05, 3.63) is 52.9 Å². The standard InChI is InChI=1S/C23H26ClFN2O3/c24-18-5-6-26-23(14-18)30-21-3-1-17(2-4-21)22(28)13-16-11-19(25)15-20(12-16)27-7-9-29-10-8-27/h5-6,11-12,14-15,17,21H,1-4,7-10,13H2. The van der Waals surface area contributed by atoms with Crippen LogP contribution in [0.4, 0.5) is 10.1 Å². The number of halogens is 2. The highest BCUT2D eigenvalue weighted by molar-refractivity contribution is 6.30. The largest absolute Gasteiger partial charge is 0.474 e. The Morgan fingerprint density at radius 3 is 2.67 bits per heavy atom. The zero-order valence-electron chi connectivity index (χ0n) is 16.9. The third kappa shape index (κ3) is 5.49. The van der Waals surface area contributed by atoms with E-state index in [1.54, 1.807) is 18.3 Å². The van der Waals surface area contributed by atoms with Crippen LogP contribution in [0, 0.1) is 11.7 Å². The number of hydrogen-bond donors (Lipinski definition) is 0. The Kier molecular flexibility index (Phi) is 6.85. The van der Waals surface area contributed by atoms with Crippen LogP contribution in [-0.4, -0.2) is 43.2 Å². The van der Waals surface area contributed by atoms with Gasteiger partial charge in [-0.1, -0.05) is 11.6 Å². The second-order valence-electron chi connectivity index (χ2n) is 7.96. The summed E-state index contributed by atoms with van der Waals surface area (Å²) >= 11 is 5.98. The van der Waals surface area contributed by atoms with E-state index in [1.807, 2.05) is 6.07 Å². The van der Waals surface area contributed by atoms with E-state index in [1.165, 1.54) is 12.1 Å². The zero-order valence-corrected chi connectivity index (χ0v) is 17.6. The first-order valence-corrected chi connectivity index (χ1v) is 10.9. The Labute approximate surface area is 181 Å². The highest BCUT2D eigenvalue weighted by Gasteiger charge is 2.27. The maximum absolute atomic E-state index is 14.2. The molecule has 0 atom stereocenters. The second-order valence-corrected chi connectivity index (χ2v) is 8.40. The minimum atomic E-state index is -0.298. The molecule has 0 radical (unpaired) electrons. The first-order valence-electron chi connectivity index (χ1n) is 10.5. The second kappa shape index (κ2) is 9.75. The molecule has 5 nitrogen and oxygen atoms in total. The predicted octanol–water partition coefficient (Wildman–Crippen LogP) is 4.46. The first-order chi connectivity index (χ1) is 14.6. The third-order valence-corrected chi connectivity index (χ3v) is 6.05. The number of rotatable bonds is 6. The first kappa shape index (κ1) is 21.1. The van der Waals surface area contributed by atoms with E-state index in [2.05, 4.69) is 9.88 Å². The van der Waals surface area contributed by atoms with Gasteiger partial charge in [0.05, 0.1) is 13.2 Å². The van der Waals surface area contributed by atoms with E-state index in [9.17, 15) is 9.18 Å². The average Bonchev–Trinajstić information content (AvgIpc) is 2.74. The Hall–Kier alpha value is -2.18. The molecule has 4 rings (SSSR count). The van der Waals surface area contributed by atoms with Crippen molar-refractivity contribution in [3.8, 4) is 5.88 Å². The van der Waals surface area contributed by atoms with Crippen molar-refractivity contribution in [3.63, 3.8) is 0 Å². The summed E-state index contributed by atoms with van der Waals surface area (Å²) in [5, 5.41) is 0.593. The predicted molar refractivity (Wildman–Crippen MR) is 114 cm³/mol. The van der Waals surface area contributed by atoms with Crippen molar-refractivity contribution in [2.24, 2.45) is 5.92 Å². The molecule has 1 aromatic heterocycles. The van der Waals surface area contributed by atoms with Crippen LogP contribution in [0.1, 0.15) is 31.2 Å². The maximum Gasteiger partial charge on any atom is 0.214 e. The maximum atomic E-state index is 14.2. The number of morpholine rings is 1. The SMILES string of the molecule is O=C(Cc1cc(F)cc(N2CCOCC2)c1)C1CCC(Oc2cc(Cl)ccn2)CC1. The average molecular weight is 433 g/mol. The number of hydrogen-bond acceptors (Lipinski definition) is 5. The van der Waals surface area contributed by atoms with Gasteiger partial charge in [-0.25, -0.2) is 9.37 Å². The van der Waals surface area contributed by atoms with Crippen LogP contribution in [-0.2, 0) is 16.0 Å². The van der Waals surface area contributed by atoms with Gasteiger partial charge in [-0.3, -0.25) is 4.79 Å². The van der Waals surface area contributed by atoms with Crippen LogP contribution < -0.4 is 9.64 Å². The fraction of sp³-hybridized carbons (Fsp3) is 0.478. The van der Waals surface area contributed by atoms with Crippen molar-refractivity contribution < 1.29 is 18.7 Å². The Bertz CT molecular complexity index is 881. The van der Waals surface area contributed by atoms with Gasteiger partial charge in [0.25, 0.3) is 0 Å². The molecule has 1 saturated carbocycles. The molecule has 2 fully saturated rings. The van der Waals surface area contributed by atoms with E-state index in [0.717, 1.165) is 50.0 Å². The van der Waals surface area contributed by atoms with E-state index in [4.69, 9.17) is 21.1 Å². The van der Waals surface area contributed by atoms with Gasteiger partial charge in [0.2, 0.25) is 5.88 Å². The van der Waals surface area contributed by atoms with Crippen LogP contribution in [0.3, 0.4) is 0 Å². The monoisotopic (exact) mass is 432 g/mol. The molecular weight excluding hydrogens is 407 g/mol. The fourth-order valence-electron chi connectivity index (χ4n) is 4.21. The lowest BCUT2D eigenvalue weighted by molar-refractivity contribution is -0.123. The highest BCUT2D eigenvalue weighted by Crippen LogP contribution is 2.30. The fourth-order valence-corrected chi connectivity index (χ4v) is 4.36. The van der Waals surface area contributed by atoms with Crippen LogP contribution in [0.5, 0.6) is 5.88 Å². The van der Waals surface area contributed by atoms with E-state index in [-0.39, 0.29) is 30.0 Å². The van der Waals surface area contributed by atoms with Crippen molar-refractivity contribution in [1.82, 2.24) is 4.98 Å². The molecule has 2 heterocycles. The zero-order chi connectivity index (χ0) is 20.9. The van der Waals surface area contributed by atoms with E-state index in [0.29, 0.717) is 24.1 Å². The highest BCUT2D eigenvalue weighted by atomic mass is 35.5. The quantitative estimate of drug-likeness (QED) is 0.674. The number of anilines is 1. The van der Waals surface area contributed by atoms with E-state index >= 15 is 0 Å². The van der Waals surface area contributed by atoms with Crippen LogP contribution in [0.15, 0.2) is 36.5 Å². The molecule has 7 heteroatoms. The molecule has 1 aliphatic heterocycles. The molecule has 1 aromatic carbocycles. The number of carbonyl (C=O) groups excluding carboxylic acids is 1. The third-order valence-electron chi connectivity index (χ3n) is 5.81. The number of carbonyl (C=O) groups is 1. The molecule has 0 amide bonds. The van der Waals surface area contributed by atoms with Crippen LogP contribution >= 0.6 is 11.6 Å². The Morgan fingerprint density at radius 1 is 1.17 bits per heavy atom.